The minimum Gasteiger partial charge on any atom is -0.497 e. The van der Waals surface area contributed by atoms with E-state index in [2.05, 4.69) is 5.32 Å². The zero-order valence-electron chi connectivity index (χ0n) is 15.7. The number of ether oxygens (including phenoxy) is 1. The number of primary amides is 1. The summed E-state index contributed by atoms with van der Waals surface area (Å²) in [6.07, 6.45) is 1.32. The molecule has 0 spiro atoms. The van der Waals surface area contributed by atoms with Crippen molar-refractivity contribution in [3.05, 3.63) is 48.5 Å². The molecule has 1 aliphatic rings. The summed E-state index contributed by atoms with van der Waals surface area (Å²) in [4.78, 5) is 36.7. The topological polar surface area (TPSA) is 102 Å². The summed E-state index contributed by atoms with van der Waals surface area (Å²) in [6.45, 7) is 0.649. The van der Waals surface area contributed by atoms with Gasteiger partial charge in [0, 0.05) is 18.8 Å². The molecule has 1 heterocycles. The second kappa shape index (κ2) is 8.56. The van der Waals surface area contributed by atoms with Crippen molar-refractivity contribution in [3.8, 4) is 16.9 Å². The molecule has 0 radical (unpaired) electrons. The van der Waals surface area contributed by atoms with Gasteiger partial charge in [-0.1, -0.05) is 24.3 Å². The van der Waals surface area contributed by atoms with Crippen molar-refractivity contribution in [1.82, 2.24) is 4.90 Å². The van der Waals surface area contributed by atoms with Crippen LogP contribution in [0.25, 0.3) is 11.1 Å². The highest BCUT2D eigenvalue weighted by Gasteiger charge is 2.30. The predicted octanol–water partition coefficient (Wildman–Crippen LogP) is 2.02. The quantitative estimate of drug-likeness (QED) is 0.791. The van der Waals surface area contributed by atoms with E-state index in [0.29, 0.717) is 25.1 Å². The number of nitrogens with two attached hydrogens (primary N) is 1. The van der Waals surface area contributed by atoms with Crippen LogP contribution in [-0.4, -0.2) is 42.8 Å². The van der Waals surface area contributed by atoms with E-state index in [1.807, 2.05) is 48.5 Å². The average molecular weight is 381 g/mol. The highest BCUT2D eigenvalue weighted by molar-refractivity contribution is 6.34. The maximum absolute atomic E-state index is 12.6. The van der Waals surface area contributed by atoms with Crippen LogP contribution in [0.1, 0.15) is 12.8 Å². The second-order valence-electron chi connectivity index (χ2n) is 6.75. The van der Waals surface area contributed by atoms with Gasteiger partial charge in [0.25, 0.3) is 0 Å². The zero-order chi connectivity index (χ0) is 20.1. The molecule has 2 aromatic rings. The van der Waals surface area contributed by atoms with Crippen LogP contribution in [0.3, 0.4) is 0 Å². The molecular weight excluding hydrogens is 358 g/mol. The first-order chi connectivity index (χ1) is 13.5. The monoisotopic (exact) mass is 381 g/mol. The number of hydrogen-bond acceptors (Lipinski definition) is 4. The molecular formula is C21H23N3O4. The first-order valence-corrected chi connectivity index (χ1v) is 9.12. The fourth-order valence-corrected chi connectivity index (χ4v) is 3.32. The maximum Gasteiger partial charge on any atom is 0.311 e. The summed E-state index contributed by atoms with van der Waals surface area (Å²) in [7, 11) is 1.63. The van der Waals surface area contributed by atoms with Crippen LogP contribution in [0.5, 0.6) is 5.75 Å². The Bertz CT molecular complexity index is 879. The number of anilines is 1. The molecule has 3 amide bonds. The van der Waals surface area contributed by atoms with Crippen molar-refractivity contribution in [2.45, 2.75) is 12.8 Å². The van der Waals surface area contributed by atoms with E-state index in [1.165, 1.54) is 4.90 Å². The summed E-state index contributed by atoms with van der Waals surface area (Å²) in [5.41, 5.74) is 7.76. The van der Waals surface area contributed by atoms with Gasteiger partial charge in [-0.25, -0.2) is 0 Å². The number of nitrogens with one attached hydrogen (secondary N) is 1. The van der Waals surface area contributed by atoms with Crippen LogP contribution < -0.4 is 15.8 Å². The molecule has 7 heteroatoms. The van der Waals surface area contributed by atoms with Gasteiger partial charge < -0.3 is 20.7 Å². The molecule has 0 bridgehead atoms. The van der Waals surface area contributed by atoms with Gasteiger partial charge in [0.05, 0.1) is 13.0 Å². The number of hydrogen-bond donors (Lipinski definition) is 2. The van der Waals surface area contributed by atoms with Crippen LogP contribution in [0.4, 0.5) is 5.69 Å². The molecule has 7 nitrogen and oxygen atoms in total. The number of amides is 3. The number of carbonyl (C=O) groups is 3. The van der Waals surface area contributed by atoms with Gasteiger partial charge >= 0.3 is 11.8 Å². The lowest BCUT2D eigenvalue weighted by molar-refractivity contribution is -0.146. The third-order valence-electron chi connectivity index (χ3n) is 4.85. The third kappa shape index (κ3) is 4.49. The predicted molar refractivity (Wildman–Crippen MR) is 106 cm³/mol. The molecule has 1 saturated heterocycles. The van der Waals surface area contributed by atoms with Crippen molar-refractivity contribution in [2.24, 2.45) is 11.7 Å². The highest BCUT2D eigenvalue weighted by Crippen LogP contribution is 2.25. The smallest absolute Gasteiger partial charge is 0.311 e. The normalized spacial score (nSPS) is 16.3. The minimum absolute atomic E-state index is 0.170. The lowest BCUT2D eigenvalue weighted by Crippen LogP contribution is -2.48. The van der Waals surface area contributed by atoms with E-state index >= 15 is 0 Å². The van der Waals surface area contributed by atoms with E-state index in [4.69, 9.17) is 10.5 Å². The van der Waals surface area contributed by atoms with Crippen LogP contribution in [0.15, 0.2) is 48.5 Å². The Hall–Kier alpha value is -3.35. The summed E-state index contributed by atoms with van der Waals surface area (Å²) >= 11 is 0. The standard InChI is InChI=1S/C21H23N3O4/c1-28-18-6-2-4-15(12-18)14-7-9-17(10-8-14)23-20(26)16-5-3-11-24(13-16)21(27)19(22)25/h2,4,6-10,12,16H,3,5,11,13H2,1H3,(H2,22,25)(H,23,26). The van der Waals surface area contributed by atoms with E-state index in [1.54, 1.807) is 7.11 Å². The number of rotatable bonds is 4. The fourth-order valence-electron chi connectivity index (χ4n) is 3.32. The van der Waals surface area contributed by atoms with E-state index in [-0.39, 0.29) is 18.4 Å². The van der Waals surface area contributed by atoms with Crippen molar-refractivity contribution >= 4 is 23.4 Å². The highest BCUT2D eigenvalue weighted by atomic mass is 16.5. The third-order valence-corrected chi connectivity index (χ3v) is 4.85. The van der Waals surface area contributed by atoms with Crippen LogP contribution in [0.2, 0.25) is 0 Å². The molecule has 3 rings (SSSR count). The van der Waals surface area contributed by atoms with Crippen LogP contribution in [0, 0.1) is 5.92 Å². The molecule has 3 N–H and O–H groups in total. The van der Waals surface area contributed by atoms with Crippen molar-refractivity contribution < 1.29 is 19.1 Å². The molecule has 146 valence electrons. The van der Waals surface area contributed by atoms with E-state index in [0.717, 1.165) is 16.9 Å². The number of likely N-dealkylation sites (tertiary alicyclic amines) is 1. The van der Waals surface area contributed by atoms with Crippen molar-refractivity contribution in [1.29, 1.82) is 0 Å². The Morgan fingerprint density at radius 2 is 1.86 bits per heavy atom. The fraction of sp³-hybridized carbons (Fsp3) is 0.286. The maximum atomic E-state index is 12.6. The number of benzene rings is 2. The van der Waals surface area contributed by atoms with Gasteiger partial charge in [-0.05, 0) is 48.2 Å². The van der Waals surface area contributed by atoms with Gasteiger partial charge in [-0.2, -0.15) is 0 Å². The number of methoxy groups -OCH3 is 1. The molecule has 1 fully saturated rings. The SMILES string of the molecule is COc1cccc(-c2ccc(NC(=O)C3CCCN(C(=O)C(N)=O)C3)cc2)c1. The van der Waals surface area contributed by atoms with E-state index < -0.39 is 11.8 Å². The summed E-state index contributed by atoms with van der Waals surface area (Å²) < 4.78 is 5.25. The molecule has 0 saturated carbocycles. The Balaban J connectivity index is 1.64. The lowest BCUT2D eigenvalue weighted by atomic mass is 9.96. The molecule has 28 heavy (non-hydrogen) atoms. The Kier molecular flexibility index (Phi) is 5.93. The number of piperidine rings is 1. The molecule has 1 aliphatic heterocycles. The Morgan fingerprint density at radius 3 is 2.54 bits per heavy atom. The molecule has 1 atom stereocenters. The van der Waals surface area contributed by atoms with Gasteiger partial charge in [0.2, 0.25) is 5.91 Å². The van der Waals surface area contributed by atoms with Crippen molar-refractivity contribution in [3.63, 3.8) is 0 Å². The van der Waals surface area contributed by atoms with Gasteiger partial charge in [0.15, 0.2) is 0 Å². The first kappa shape index (κ1) is 19.4. The number of carbonyl (C=O) groups excluding carboxylic acids is 3. The van der Waals surface area contributed by atoms with Crippen LogP contribution >= 0.6 is 0 Å². The van der Waals surface area contributed by atoms with E-state index in [9.17, 15) is 14.4 Å². The Labute approximate surface area is 163 Å². The zero-order valence-corrected chi connectivity index (χ0v) is 15.7. The van der Waals surface area contributed by atoms with Gasteiger partial charge in [0.1, 0.15) is 5.75 Å². The molecule has 0 aliphatic carbocycles. The van der Waals surface area contributed by atoms with Crippen LogP contribution in [-0.2, 0) is 14.4 Å². The first-order valence-electron chi connectivity index (χ1n) is 9.12. The molecule has 1 unspecified atom stereocenters. The minimum atomic E-state index is -0.991. The Morgan fingerprint density at radius 1 is 1.11 bits per heavy atom. The van der Waals surface area contributed by atoms with Crippen molar-refractivity contribution in [2.75, 3.05) is 25.5 Å². The molecule has 0 aromatic heterocycles. The second-order valence-corrected chi connectivity index (χ2v) is 6.75. The molecule has 2 aromatic carbocycles. The lowest BCUT2D eigenvalue weighted by Gasteiger charge is -2.31. The average Bonchev–Trinajstić information content (AvgIpc) is 2.73. The van der Waals surface area contributed by atoms with Gasteiger partial charge in [-0.15, -0.1) is 0 Å². The van der Waals surface area contributed by atoms with Gasteiger partial charge in [-0.3, -0.25) is 14.4 Å². The summed E-state index contributed by atoms with van der Waals surface area (Å²) in [6, 6.07) is 15.3. The summed E-state index contributed by atoms with van der Waals surface area (Å²) in [5, 5.41) is 2.88. The largest absolute Gasteiger partial charge is 0.497 e. The summed E-state index contributed by atoms with van der Waals surface area (Å²) in [5.74, 6) is -1.48. The number of nitrogens with zero attached hydrogens (tertiary/aromatic N) is 1.